The molecule has 1 aromatic carbocycles. The van der Waals surface area contributed by atoms with Gasteiger partial charge in [-0.3, -0.25) is 0 Å². The Hall–Kier alpha value is -1.98. The molecule has 2 N–H and O–H groups in total. The Kier molecular flexibility index (Phi) is 5.41. The normalized spacial score (nSPS) is 11.6. The van der Waals surface area contributed by atoms with Gasteiger partial charge in [0.2, 0.25) is 0 Å². The van der Waals surface area contributed by atoms with Gasteiger partial charge in [0.15, 0.2) is 11.5 Å². The minimum Gasteiger partial charge on any atom is -0.504 e. The van der Waals surface area contributed by atoms with Crippen molar-refractivity contribution in [1.82, 2.24) is 0 Å². The van der Waals surface area contributed by atoms with E-state index < -0.39 is 11.9 Å². The lowest BCUT2D eigenvalue weighted by atomic mass is 10.3. The standard InChI is InChI=1S/C12H8Cl2O5/c13-7-3-1-5-9(15)11(7)19-12(18)8(14)4-2-6-10(16)17/h1-6,15H,(H,16,17)/b6-2+,8-4-. The number of rotatable bonds is 4. The number of aromatic hydroxyl groups is 1. The number of phenols is 1. The monoisotopic (exact) mass is 302 g/mol. The van der Waals surface area contributed by atoms with Gasteiger partial charge >= 0.3 is 11.9 Å². The quantitative estimate of drug-likeness (QED) is 0.387. The van der Waals surface area contributed by atoms with E-state index in [-0.39, 0.29) is 21.6 Å². The molecule has 0 heterocycles. The highest BCUT2D eigenvalue weighted by atomic mass is 35.5. The number of carbonyl (C=O) groups excluding carboxylic acids is 1. The highest BCUT2D eigenvalue weighted by molar-refractivity contribution is 6.41. The van der Waals surface area contributed by atoms with Crippen LogP contribution in [0.4, 0.5) is 0 Å². The summed E-state index contributed by atoms with van der Waals surface area (Å²) in [5.41, 5.74) is 0. The molecule has 0 saturated carbocycles. The van der Waals surface area contributed by atoms with Gasteiger partial charge in [0.25, 0.3) is 0 Å². The Morgan fingerprint density at radius 3 is 2.58 bits per heavy atom. The van der Waals surface area contributed by atoms with E-state index in [0.29, 0.717) is 0 Å². The first-order chi connectivity index (χ1) is 8.91. The molecule has 7 heteroatoms. The average molecular weight is 303 g/mol. The number of phenolic OH excluding ortho intramolecular Hbond substituents is 1. The third kappa shape index (κ3) is 4.65. The van der Waals surface area contributed by atoms with Crippen molar-refractivity contribution in [2.75, 3.05) is 0 Å². The summed E-state index contributed by atoms with van der Waals surface area (Å²) in [6.07, 6.45) is 2.91. The number of hydrogen-bond acceptors (Lipinski definition) is 4. The Bertz CT molecular complexity index is 543. The van der Waals surface area contributed by atoms with Gasteiger partial charge in [0.1, 0.15) is 5.03 Å². The third-order valence-corrected chi connectivity index (χ3v) is 2.40. The second-order valence-electron chi connectivity index (χ2n) is 3.19. The molecule has 100 valence electrons. The van der Waals surface area contributed by atoms with E-state index in [1.54, 1.807) is 0 Å². The fraction of sp³-hybridized carbons (Fsp3) is 0. The second-order valence-corrected chi connectivity index (χ2v) is 4.00. The van der Waals surface area contributed by atoms with Gasteiger partial charge in [-0.05, 0) is 18.2 Å². The van der Waals surface area contributed by atoms with Crippen molar-refractivity contribution < 1.29 is 24.5 Å². The number of allylic oxidation sites excluding steroid dienone is 2. The molecular formula is C12H8Cl2O5. The lowest BCUT2D eigenvalue weighted by Gasteiger charge is -2.06. The van der Waals surface area contributed by atoms with Crippen LogP contribution < -0.4 is 4.74 Å². The van der Waals surface area contributed by atoms with Gasteiger partial charge in [-0.1, -0.05) is 35.3 Å². The van der Waals surface area contributed by atoms with Crippen LogP contribution in [0.2, 0.25) is 5.02 Å². The average Bonchev–Trinajstić information content (AvgIpc) is 2.33. The van der Waals surface area contributed by atoms with Crippen molar-refractivity contribution in [3.63, 3.8) is 0 Å². The summed E-state index contributed by atoms with van der Waals surface area (Å²) in [4.78, 5) is 21.7. The molecule has 5 nitrogen and oxygen atoms in total. The Morgan fingerprint density at radius 1 is 1.32 bits per heavy atom. The molecule has 0 saturated heterocycles. The van der Waals surface area contributed by atoms with Gasteiger partial charge in [0.05, 0.1) is 5.02 Å². The first-order valence-electron chi connectivity index (χ1n) is 4.88. The second kappa shape index (κ2) is 6.82. The zero-order valence-corrected chi connectivity index (χ0v) is 10.9. The molecule has 0 aliphatic carbocycles. The van der Waals surface area contributed by atoms with Gasteiger partial charge in [-0.2, -0.15) is 0 Å². The number of hydrogen-bond donors (Lipinski definition) is 2. The highest BCUT2D eigenvalue weighted by Crippen LogP contribution is 2.34. The first-order valence-corrected chi connectivity index (χ1v) is 5.64. The number of esters is 1. The van der Waals surface area contributed by atoms with Crippen LogP contribution in [0.25, 0.3) is 0 Å². The summed E-state index contributed by atoms with van der Waals surface area (Å²) in [6, 6.07) is 4.18. The molecule has 0 aliphatic rings. The summed E-state index contributed by atoms with van der Waals surface area (Å²) in [5.74, 6) is -2.69. The number of benzene rings is 1. The summed E-state index contributed by atoms with van der Waals surface area (Å²) in [7, 11) is 0. The molecule has 0 amide bonds. The van der Waals surface area contributed by atoms with Crippen molar-refractivity contribution >= 4 is 35.1 Å². The minimum atomic E-state index is -1.18. The fourth-order valence-electron chi connectivity index (χ4n) is 1.02. The lowest BCUT2D eigenvalue weighted by Crippen LogP contribution is -2.08. The predicted molar refractivity (Wildman–Crippen MR) is 69.5 cm³/mol. The maximum atomic E-state index is 11.5. The largest absolute Gasteiger partial charge is 0.504 e. The van der Waals surface area contributed by atoms with Crippen molar-refractivity contribution in [2.45, 2.75) is 0 Å². The van der Waals surface area contributed by atoms with Crippen molar-refractivity contribution in [3.8, 4) is 11.5 Å². The number of ether oxygens (including phenoxy) is 1. The molecule has 0 radical (unpaired) electrons. The van der Waals surface area contributed by atoms with Gasteiger partial charge in [-0.15, -0.1) is 0 Å². The molecule has 1 aromatic rings. The van der Waals surface area contributed by atoms with E-state index in [2.05, 4.69) is 0 Å². The van der Waals surface area contributed by atoms with Crippen molar-refractivity contribution in [1.29, 1.82) is 0 Å². The van der Waals surface area contributed by atoms with Crippen LogP contribution in [0.5, 0.6) is 11.5 Å². The molecule has 1 rings (SSSR count). The predicted octanol–water partition coefficient (Wildman–Crippen LogP) is 2.71. The number of aliphatic carboxylic acids is 1. The SMILES string of the molecule is O=C(O)/C=C/C=C(\Cl)C(=O)Oc1c(O)cccc1Cl. The maximum absolute atomic E-state index is 11.5. The van der Waals surface area contributed by atoms with E-state index in [1.165, 1.54) is 18.2 Å². The minimum absolute atomic E-state index is 0.0406. The maximum Gasteiger partial charge on any atom is 0.355 e. The Labute approximate surface area is 118 Å². The zero-order valence-electron chi connectivity index (χ0n) is 9.34. The van der Waals surface area contributed by atoms with E-state index in [1.807, 2.05) is 0 Å². The Balaban J connectivity index is 2.83. The van der Waals surface area contributed by atoms with Crippen LogP contribution in [0.15, 0.2) is 41.5 Å². The van der Waals surface area contributed by atoms with Gasteiger partial charge in [0, 0.05) is 6.08 Å². The molecule has 0 unspecified atom stereocenters. The Morgan fingerprint density at radius 2 is 2.00 bits per heavy atom. The van der Waals surface area contributed by atoms with Crippen LogP contribution in [-0.4, -0.2) is 22.2 Å². The van der Waals surface area contributed by atoms with E-state index >= 15 is 0 Å². The number of para-hydroxylation sites is 1. The van der Waals surface area contributed by atoms with Crippen molar-refractivity contribution in [3.05, 3.63) is 46.5 Å². The molecule has 0 aliphatic heterocycles. The number of carboxylic acids is 1. The van der Waals surface area contributed by atoms with Crippen LogP contribution in [0, 0.1) is 0 Å². The fourth-order valence-corrected chi connectivity index (χ4v) is 1.34. The number of carboxylic acid groups (broad SMARTS) is 1. The van der Waals surface area contributed by atoms with Gasteiger partial charge in [-0.25, -0.2) is 9.59 Å². The zero-order chi connectivity index (χ0) is 14.4. The lowest BCUT2D eigenvalue weighted by molar-refractivity contribution is -0.131. The van der Waals surface area contributed by atoms with Crippen LogP contribution in [-0.2, 0) is 9.59 Å². The molecule has 19 heavy (non-hydrogen) atoms. The van der Waals surface area contributed by atoms with Crippen molar-refractivity contribution in [2.24, 2.45) is 0 Å². The molecule has 0 fully saturated rings. The summed E-state index contributed by atoms with van der Waals surface area (Å²) in [5, 5.41) is 17.5. The summed E-state index contributed by atoms with van der Waals surface area (Å²) < 4.78 is 4.79. The molecule has 0 atom stereocenters. The smallest absolute Gasteiger partial charge is 0.355 e. The van der Waals surface area contributed by atoms with Gasteiger partial charge < -0.3 is 14.9 Å². The number of halogens is 2. The first kappa shape index (κ1) is 15.1. The third-order valence-electron chi connectivity index (χ3n) is 1.82. The van der Waals surface area contributed by atoms with E-state index in [0.717, 1.165) is 18.2 Å². The molecular weight excluding hydrogens is 295 g/mol. The van der Waals surface area contributed by atoms with Crippen LogP contribution >= 0.6 is 23.2 Å². The molecule has 0 bridgehead atoms. The van der Waals surface area contributed by atoms with E-state index in [4.69, 9.17) is 33.0 Å². The topological polar surface area (TPSA) is 83.8 Å². The highest BCUT2D eigenvalue weighted by Gasteiger charge is 2.14. The summed E-state index contributed by atoms with van der Waals surface area (Å²) in [6.45, 7) is 0. The van der Waals surface area contributed by atoms with Crippen LogP contribution in [0.3, 0.4) is 0 Å². The van der Waals surface area contributed by atoms with Crippen LogP contribution in [0.1, 0.15) is 0 Å². The summed E-state index contributed by atoms with van der Waals surface area (Å²) >= 11 is 11.3. The molecule has 0 aromatic heterocycles. The number of carbonyl (C=O) groups is 2. The molecule has 0 spiro atoms. The van der Waals surface area contributed by atoms with E-state index in [9.17, 15) is 14.7 Å².